The molecule has 3 aromatic carbocycles. The Labute approximate surface area is 249 Å². The molecule has 1 N–H and O–H groups in total. The Morgan fingerprint density at radius 3 is 2.26 bits per heavy atom. The molecule has 4 nitrogen and oxygen atoms in total. The molecule has 6 heteroatoms. The third-order valence-corrected chi connectivity index (χ3v) is 8.37. The first-order valence-electron chi connectivity index (χ1n) is 13.7. The molecule has 0 bridgehead atoms. The molecule has 200 valence electrons. The normalized spacial score (nSPS) is 14.3. The van der Waals surface area contributed by atoms with Gasteiger partial charge in [0.2, 0.25) is 0 Å². The first-order chi connectivity index (χ1) is 18.5. The van der Waals surface area contributed by atoms with E-state index in [-0.39, 0.29) is 24.8 Å². The van der Waals surface area contributed by atoms with Gasteiger partial charge in [0.05, 0.1) is 12.0 Å². The molecule has 0 aromatic heterocycles. The van der Waals surface area contributed by atoms with Gasteiger partial charge in [-0.2, -0.15) is 11.8 Å². The van der Waals surface area contributed by atoms with E-state index < -0.39 is 12.0 Å². The Morgan fingerprint density at radius 2 is 1.59 bits per heavy atom. The number of benzene rings is 3. The summed E-state index contributed by atoms with van der Waals surface area (Å²) in [4.78, 5) is 24.9. The van der Waals surface area contributed by atoms with Gasteiger partial charge in [-0.25, -0.2) is 0 Å². The molecule has 1 fully saturated rings. The van der Waals surface area contributed by atoms with Gasteiger partial charge in [-0.05, 0) is 96.4 Å². The van der Waals surface area contributed by atoms with Gasteiger partial charge in [0.25, 0.3) is 5.91 Å². The van der Waals surface area contributed by atoms with Gasteiger partial charge in [-0.1, -0.05) is 79.9 Å². The Balaban J connectivity index is 0.00000420. The molecule has 0 aliphatic heterocycles. The van der Waals surface area contributed by atoms with Crippen LogP contribution in [0.5, 0.6) is 0 Å². The van der Waals surface area contributed by atoms with Gasteiger partial charge in [0.15, 0.2) is 0 Å². The zero-order chi connectivity index (χ0) is 26.9. The van der Waals surface area contributed by atoms with Crippen LogP contribution in [0.15, 0.2) is 66.7 Å². The van der Waals surface area contributed by atoms with Gasteiger partial charge < -0.3 is 15.2 Å². The maximum atomic E-state index is 13.3. The van der Waals surface area contributed by atoms with Crippen LogP contribution in [-0.4, -0.2) is 29.9 Å². The van der Waals surface area contributed by atoms with Crippen molar-refractivity contribution in [3.8, 4) is 11.1 Å². The number of amides is 1. The number of carbonyl (C=O) groups is 2. The topological polar surface area (TPSA) is 69.2 Å². The molecule has 0 heterocycles. The molecular weight excluding hydrogens is 497 g/mol. The fraction of sp³-hybridized carbons (Fsp3) is 0.394. The predicted octanol–water partition coefficient (Wildman–Crippen LogP) is 3.10. The van der Waals surface area contributed by atoms with E-state index in [1.54, 1.807) is 11.8 Å². The number of carboxylic acid groups (broad SMARTS) is 1. The summed E-state index contributed by atoms with van der Waals surface area (Å²) < 4.78 is 0. The second kappa shape index (κ2) is 15.4. The van der Waals surface area contributed by atoms with Crippen LogP contribution in [0.2, 0.25) is 0 Å². The van der Waals surface area contributed by atoms with Crippen LogP contribution in [-0.2, 0) is 17.6 Å². The summed E-state index contributed by atoms with van der Waals surface area (Å²) in [5.41, 5.74) is 7.28. The molecule has 0 saturated heterocycles. The maximum absolute atomic E-state index is 13.3. The maximum Gasteiger partial charge on any atom is 1.00 e. The molecule has 1 aliphatic carbocycles. The fourth-order valence-electron chi connectivity index (χ4n) is 5.44. The molecule has 4 rings (SSSR count). The Kier molecular flexibility index (Phi) is 12.2. The number of carboxylic acids is 1. The molecule has 1 atom stereocenters. The van der Waals surface area contributed by atoms with E-state index in [0.29, 0.717) is 23.7 Å². The van der Waals surface area contributed by atoms with E-state index >= 15 is 0 Å². The van der Waals surface area contributed by atoms with E-state index in [2.05, 4.69) is 35.6 Å². The summed E-state index contributed by atoms with van der Waals surface area (Å²) in [7, 11) is 0. The van der Waals surface area contributed by atoms with Crippen molar-refractivity contribution in [1.29, 1.82) is 0 Å². The van der Waals surface area contributed by atoms with Crippen LogP contribution >= 0.6 is 11.8 Å². The summed E-state index contributed by atoms with van der Waals surface area (Å²) >= 11 is 1.54. The molecule has 3 aromatic rings. The van der Waals surface area contributed by atoms with Crippen LogP contribution in [0, 0.1) is 6.92 Å². The van der Waals surface area contributed by atoms with E-state index in [1.165, 1.54) is 43.2 Å². The standard InChI is InChI=1S/C33H39NO3S.Li/c1-23-8-6-7-11-28(23)30-22-25(16-19-29(30)32(35)34-31(33(36)37)20-21-38-2)13-12-24-14-17-27(18-15-24)26-9-4-3-5-10-26;/h6-8,11,14-19,22,26,31H,3-5,9-10,12-13,20-21H2,1-2H3,(H,34,35)(H,36,37);/q;+1/p-1/t31-;/m0./s1. The van der Waals surface area contributed by atoms with Crippen molar-refractivity contribution in [2.45, 2.75) is 70.3 Å². The summed E-state index contributed by atoms with van der Waals surface area (Å²) in [6, 6.07) is 22.0. The van der Waals surface area contributed by atoms with Gasteiger partial charge in [0, 0.05) is 5.56 Å². The summed E-state index contributed by atoms with van der Waals surface area (Å²) in [6.45, 7) is 2.03. The largest absolute Gasteiger partial charge is 1.00 e. The second-order valence-electron chi connectivity index (χ2n) is 10.4. The average molecular weight is 536 g/mol. The Morgan fingerprint density at radius 1 is 0.923 bits per heavy atom. The Bertz CT molecular complexity index is 1240. The number of hydrogen-bond acceptors (Lipinski definition) is 4. The number of hydrogen-bond donors (Lipinski definition) is 1. The van der Waals surface area contributed by atoms with Gasteiger partial charge >= 0.3 is 18.9 Å². The molecular formula is C33H38LiNO3S. The smallest absolute Gasteiger partial charge is 0.548 e. The van der Waals surface area contributed by atoms with E-state index in [1.807, 2.05) is 49.6 Å². The molecule has 1 aliphatic rings. The predicted molar refractivity (Wildman–Crippen MR) is 156 cm³/mol. The number of nitrogens with one attached hydrogen (secondary N) is 1. The molecule has 1 saturated carbocycles. The minimum Gasteiger partial charge on any atom is -0.548 e. The third-order valence-electron chi connectivity index (χ3n) is 7.72. The van der Waals surface area contributed by atoms with Crippen LogP contribution in [0.3, 0.4) is 0 Å². The zero-order valence-corrected chi connectivity index (χ0v) is 24.3. The first kappa shape index (κ1) is 31.1. The second-order valence-corrected chi connectivity index (χ2v) is 11.4. The number of thioether (sulfide) groups is 1. The molecule has 0 radical (unpaired) electrons. The summed E-state index contributed by atoms with van der Waals surface area (Å²) in [6.07, 6.45) is 10.7. The van der Waals surface area contributed by atoms with E-state index in [9.17, 15) is 14.7 Å². The number of rotatable bonds is 11. The fourth-order valence-corrected chi connectivity index (χ4v) is 5.92. The van der Waals surface area contributed by atoms with Crippen molar-refractivity contribution >= 4 is 23.6 Å². The summed E-state index contributed by atoms with van der Waals surface area (Å²) in [5, 5.41) is 14.3. The van der Waals surface area contributed by atoms with Crippen molar-refractivity contribution in [2.24, 2.45) is 0 Å². The summed E-state index contributed by atoms with van der Waals surface area (Å²) in [5.74, 6) is -0.297. The Hall–Kier alpha value is -2.45. The van der Waals surface area contributed by atoms with Crippen LogP contribution in [0.1, 0.15) is 77.1 Å². The minimum absolute atomic E-state index is 0. The van der Waals surface area contributed by atoms with E-state index in [4.69, 9.17) is 0 Å². The SMILES string of the molecule is CSCC[C@H](NC(=O)c1ccc(CCc2ccc(C3CCCCC3)cc2)cc1-c1ccccc1C)C(=O)[O-].[Li+]. The average Bonchev–Trinajstić information content (AvgIpc) is 2.95. The number of carbonyl (C=O) groups excluding carboxylic acids is 2. The van der Waals surface area contributed by atoms with Crippen LogP contribution in [0.25, 0.3) is 11.1 Å². The van der Waals surface area contributed by atoms with Gasteiger partial charge in [0.1, 0.15) is 0 Å². The van der Waals surface area contributed by atoms with Crippen molar-refractivity contribution in [2.75, 3.05) is 12.0 Å². The van der Waals surface area contributed by atoms with Crippen molar-refractivity contribution in [1.82, 2.24) is 5.32 Å². The van der Waals surface area contributed by atoms with Crippen molar-refractivity contribution in [3.63, 3.8) is 0 Å². The first-order valence-corrected chi connectivity index (χ1v) is 15.1. The molecule has 0 unspecified atom stereocenters. The quantitative estimate of drug-likeness (QED) is 0.383. The zero-order valence-electron chi connectivity index (χ0n) is 23.5. The van der Waals surface area contributed by atoms with Crippen LogP contribution < -0.4 is 29.3 Å². The molecule has 0 spiro atoms. The number of aliphatic carboxylic acids is 1. The molecule has 1 amide bonds. The van der Waals surface area contributed by atoms with Gasteiger partial charge in [-0.15, -0.1) is 0 Å². The minimum atomic E-state index is -1.25. The monoisotopic (exact) mass is 535 g/mol. The molecule has 39 heavy (non-hydrogen) atoms. The van der Waals surface area contributed by atoms with Gasteiger partial charge in [-0.3, -0.25) is 4.79 Å². The van der Waals surface area contributed by atoms with Crippen molar-refractivity contribution < 1.29 is 33.6 Å². The number of aryl methyl sites for hydroxylation is 3. The van der Waals surface area contributed by atoms with Crippen molar-refractivity contribution in [3.05, 3.63) is 94.5 Å². The van der Waals surface area contributed by atoms with E-state index in [0.717, 1.165) is 35.1 Å². The third kappa shape index (κ3) is 8.51. The van der Waals surface area contributed by atoms with Crippen LogP contribution in [0.4, 0.5) is 0 Å².